The molecule has 1 atom stereocenters. The summed E-state index contributed by atoms with van der Waals surface area (Å²) in [4.78, 5) is 27.2. The molecule has 3 aromatic rings. The Bertz CT molecular complexity index is 1300. The third-order valence-electron chi connectivity index (χ3n) is 6.70. The van der Waals surface area contributed by atoms with Crippen LogP contribution in [0.4, 0.5) is 13.2 Å². The second-order valence-corrected chi connectivity index (χ2v) is 8.95. The molecule has 0 bridgehead atoms. The van der Waals surface area contributed by atoms with Crippen LogP contribution in [0.2, 0.25) is 0 Å². The van der Waals surface area contributed by atoms with Crippen molar-refractivity contribution in [2.45, 2.75) is 31.9 Å². The molecule has 0 saturated carbocycles. The maximum atomic E-state index is 12.9. The Kier molecular flexibility index (Phi) is 5.71. The molecule has 34 heavy (non-hydrogen) atoms. The van der Waals surface area contributed by atoms with Gasteiger partial charge in [0, 0.05) is 48.3 Å². The fourth-order valence-corrected chi connectivity index (χ4v) is 4.77. The summed E-state index contributed by atoms with van der Waals surface area (Å²) in [6.45, 7) is 0.963. The number of hydrogen-bond acceptors (Lipinski definition) is 4. The molecule has 176 valence electrons. The quantitative estimate of drug-likeness (QED) is 0.576. The van der Waals surface area contributed by atoms with Gasteiger partial charge in [-0.2, -0.15) is 13.2 Å². The average Bonchev–Trinajstić information content (AvgIpc) is 3.40. The zero-order chi connectivity index (χ0) is 23.9. The number of Topliss-reactive ketones (excluding diaryl/α,β-unsaturated/α-hetero) is 1. The molecule has 2 aromatic heterocycles. The zero-order valence-corrected chi connectivity index (χ0v) is 18.3. The number of nitrogens with zero attached hydrogens (tertiary/aromatic N) is 4. The molecule has 1 aromatic carbocycles. The van der Waals surface area contributed by atoms with E-state index >= 15 is 0 Å². The maximum absolute atomic E-state index is 12.9. The molecule has 1 saturated heterocycles. The van der Waals surface area contributed by atoms with Crippen molar-refractivity contribution < 1.29 is 22.8 Å². The molecule has 1 unspecified atom stereocenters. The maximum Gasteiger partial charge on any atom is 0.416 e. The fourth-order valence-electron chi connectivity index (χ4n) is 4.77. The van der Waals surface area contributed by atoms with Gasteiger partial charge < -0.3 is 4.90 Å². The van der Waals surface area contributed by atoms with Gasteiger partial charge in [-0.15, -0.1) is 5.10 Å². The van der Waals surface area contributed by atoms with Crippen LogP contribution in [0.15, 0.2) is 42.7 Å². The third kappa shape index (κ3) is 4.47. The number of rotatable bonds is 5. The highest BCUT2D eigenvalue weighted by molar-refractivity contribution is 5.84. The van der Waals surface area contributed by atoms with Gasteiger partial charge in [0.05, 0.1) is 23.7 Å². The van der Waals surface area contributed by atoms with E-state index in [1.165, 1.54) is 12.1 Å². The van der Waals surface area contributed by atoms with Crippen molar-refractivity contribution in [1.29, 1.82) is 0 Å². The number of likely N-dealkylation sites (tertiary alicyclic amines) is 1. The van der Waals surface area contributed by atoms with Crippen molar-refractivity contribution >= 4 is 29.4 Å². The van der Waals surface area contributed by atoms with E-state index in [4.69, 9.17) is 0 Å². The highest BCUT2D eigenvalue weighted by Gasteiger charge is 2.31. The summed E-state index contributed by atoms with van der Waals surface area (Å²) in [5.74, 6) is -0.00941. The number of carbonyl (C=O) groups excluding carboxylic acids is 2. The monoisotopic (exact) mass is 468 g/mol. The highest BCUT2D eigenvalue weighted by Crippen LogP contribution is 2.29. The lowest BCUT2D eigenvalue weighted by Crippen LogP contribution is -2.41. The van der Waals surface area contributed by atoms with E-state index in [-0.39, 0.29) is 29.9 Å². The molecule has 6 nitrogen and oxygen atoms in total. The van der Waals surface area contributed by atoms with Gasteiger partial charge in [-0.3, -0.25) is 9.59 Å². The molecule has 0 radical (unpaired) electrons. The lowest BCUT2D eigenvalue weighted by molar-refractivity contribution is -0.137. The van der Waals surface area contributed by atoms with Crippen LogP contribution in [0, 0.1) is 11.8 Å². The molecule has 5 rings (SSSR count). The van der Waals surface area contributed by atoms with E-state index in [9.17, 15) is 22.8 Å². The number of alkyl halides is 3. The number of allylic oxidation sites excluding steroid dienone is 1. The number of halogens is 3. The van der Waals surface area contributed by atoms with E-state index < -0.39 is 11.7 Å². The van der Waals surface area contributed by atoms with Crippen molar-refractivity contribution in [3.05, 3.63) is 64.6 Å². The Balaban J connectivity index is 1.14. The second kappa shape index (κ2) is 8.70. The molecule has 1 aliphatic carbocycles. The normalized spacial score (nSPS) is 18.7. The lowest BCUT2D eigenvalue weighted by Gasteiger charge is -2.32. The van der Waals surface area contributed by atoms with Gasteiger partial charge >= 0.3 is 6.18 Å². The van der Waals surface area contributed by atoms with Crippen LogP contribution in [0.1, 0.15) is 36.0 Å². The number of benzene rings is 1. The van der Waals surface area contributed by atoms with Crippen LogP contribution in [-0.4, -0.2) is 44.5 Å². The fraction of sp³-hybridized carbons (Fsp3) is 0.360. The first kappa shape index (κ1) is 22.3. The minimum atomic E-state index is -4.39. The first-order valence-corrected chi connectivity index (χ1v) is 11.3. The predicted molar refractivity (Wildman–Crippen MR) is 119 cm³/mol. The molecule has 1 fully saturated rings. The molecule has 0 spiro atoms. The van der Waals surface area contributed by atoms with Crippen molar-refractivity contribution in [3.63, 3.8) is 0 Å². The molecule has 3 heterocycles. The Morgan fingerprint density at radius 3 is 2.53 bits per heavy atom. The Labute approximate surface area is 193 Å². The van der Waals surface area contributed by atoms with Crippen LogP contribution in [0.25, 0.3) is 17.7 Å². The summed E-state index contributed by atoms with van der Waals surface area (Å²) in [5, 5.41) is 8.98. The molecular formula is C25H23F3N4O2. The molecule has 0 N–H and O–H groups in total. The number of piperidine rings is 1. The Hall–Kier alpha value is -3.49. The third-order valence-corrected chi connectivity index (χ3v) is 6.70. The number of aromatic nitrogens is 3. The summed E-state index contributed by atoms with van der Waals surface area (Å²) in [6, 6.07) is 4.68. The first-order chi connectivity index (χ1) is 16.3. The number of hydrogen-bond donors (Lipinski definition) is 0. The van der Waals surface area contributed by atoms with E-state index in [2.05, 4.69) is 16.4 Å². The van der Waals surface area contributed by atoms with E-state index in [0.717, 1.165) is 28.4 Å². The first-order valence-electron chi connectivity index (χ1n) is 11.3. The predicted octanol–water partition coefficient (Wildman–Crippen LogP) is 3.33. The molecule has 9 heteroatoms. The number of fused-ring (bicyclic) bond motifs is 3. The van der Waals surface area contributed by atoms with Crippen molar-refractivity contribution in [2.75, 3.05) is 13.1 Å². The van der Waals surface area contributed by atoms with Crippen LogP contribution in [0.5, 0.6) is 0 Å². The van der Waals surface area contributed by atoms with Gasteiger partial charge in [0.1, 0.15) is 5.78 Å². The minimum absolute atomic E-state index is 0.0143. The smallest absolute Gasteiger partial charge is 0.342 e. The van der Waals surface area contributed by atoms with Crippen LogP contribution in [0.3, 0.4) is 0 Å². The van der Waals surface area contributed by atoms with Crippen molar-refractivity contribution in [1.82, 2.24) is 19.7 Å². The topological polar surface area (TPSA) is 67.6 Å². The minimum Gasteiger partial charge on any atom is -0.342 e. The summed E-state index contributed by atoms with van der Waals surface area (Å²) in [6.07, 6.45) is 7.06. The summed E-state index contributed by atoms with van der Waals surface area (Å²) >= 11 is 0. The van der Waals surface area contributed by atoms with Crippen LogP contribution < -0.4 is 5.22 Å². The van der Waals surface area contributed by atoms with Gasteiger partial charge in [-0.25, -0.2) is 4.52 Å². The molecule has 1 amide bonds. The van der Waals surface area contributed by atoms with Gasteiger partial charge in [0.15, 0.2) is 0 Å². The molecule has 2 aliphatic rings. The summed E-state index contributed by atoms with van der Waals surface area (Å²) in [5.41, 5.74) is 1.81. The SMILES string of the molecule is O=C(CC1C=Cc2cn3nncc3c2=C1)C1CCN(C(=O)Cc2ccc(C(F)(F)F)cc2)CC1. The van der Waals surface area contributed by atoms with Crippen LogP contribution >= 0.6 is 0 Å². The Morgan fingerprint density at radius 1 is 1.09 bits per heavy atom. The number of amides is 1. The largest absolute Gasteiger partial charge is 0.416 e. The molecule has 1 aliphatic heterocycles. The molecular weight excluding hydrogens is 445 g/mol. The van der Waals surface area contributed by atoms with Crippen LogP contribution in [-0.2, 0) is 22.2 Å². The van der Waals surface area contributed by atoms with Gasteiger partial charge in [0.2, 0.25) is 5.91 Å². The van der Waals surface area contributed by atoms with E-state index in [1.54, 1.807) is 15.6 Å². The average molecular weight is 468 g/mol. The lowest BCUT2D eigenvalue weighted by atomic mass is 9.86. The number of ketones is 1. The summed E-state index contributed by atoms with van der Waals surface area (Å²) < 4.78 is 39.9. The standard InChI is InChI=1S/C25H23F3N4O2/c26-25(27,28)20-5-2-16(3-6-20)13-24(34)31-9-7-18(8-10-31)23(33)12-17-1-4-19-15-32-22(14-29-30-32)21(19)11-17/h1-6,11,14-15,17-18H,7-10,12-13H2. The number of carbonyl (C=O) groups is 2. The van der Waals surface area contributed by atoms with E-state index in [1.807, 2.05) is 18.3 Å². The van der Waals surface area contributed by atoms with Crippen molar-refractivity contribution in [2.24, 2.45) is 11.8 Å². The van der Waals surface area contributed by atoms with Gasteiger partial charge in [-0.05, 0) is 30.5 Å². The summed E-state index contributed by atoms with van der Waals surface area (Å²) in [7, 11) is 0. The zero-order valence-electron chi connectivity index (χ0n) is 18.3. The highest BCUT2D eigenvalue weighted by atomic mass is 19.4. The van der Waals surface area contributed by atoms with E-state index in [0.29, 0.717) is 37.9 Å². The second-order valence-electron chi connectivity index (χ2n) is 8.95. The Morgan fingerprint density at radius 2 is 1.82 bits per heavy atom. The van der Waals surface area contributed by atoms with Gasteiger partial charge in [0.25, 0.3) is 0 Å². The van der Waals surface area contributed by atoms with Crippen molar-refractivity contribution in [3.8, 4) is 0 Å². The van der Waals surface area contributed by atoms with Gasteiger partial charge in [-0.1, -0.05) is 35.6 Å².